The van der Waals surface area contributed by atoms with E-state index in [9.17, 15) is 22.8 Å². The molecular weight excluding hydrogens is 349 g/mol. The fourth-order valence-corrected chi connectivity index (χ4v) is 2.15. The minimum absolute atomic E-state index is 0.309. The Labute approximate surface area is 148 Å². The van der Waals surface area contributed by atoms with Crippen LogP contribution in [0.15, 0.2) is 30.3 Å². The lowest BCUT2D eigenvalue weighted by molar-refractivity contribution is -0.125. The van der Waals surface area contributed by atoms with Crippen molar-refractivity contribution in [1.29, 1.82) is 0 Å². The molecule has 0 bridgehead atoms. The van der Waals surface area contributed by atoms with E-state index in [1.54, 1.807) is 6.07 Å². The number of hydrogen-bond donors (Lipinski definition) is 2. The van der Waals surface area contributed by atoms with E-state index in [4.69, 9.17) is 4.74 Å². The number of hydrogen-bond acceptors (Lipinski definition) is 3. The van der Waals surface area contributed by atoms with E-state index in [0.29, 0.717) is 11.8 Å². The number of halogens is 3. The normalized spacial score (nSPS) is 10.3. The van der Waals surface area contributed by atoms with Crippen LogP contribution in [0.25, 0.3) is 0 Å². The number of ether oxygens (including phenoxy) is 1. The molecule has 0 aliphatic rings. The first kappa shape index (κ1) is 19.3. The van der Waals surface area contributed by atoms with Crippen LogP contribution in [0.4, 0.5) is 18.9 Å². The molecule has 26 heavy (non-hydrogen) atoms. The smallest absolute Gasteiger partial charge is 0.258 e. The summed E-state index contributed by atoms with van der Waals surface area (Å²) in [4.78, 5) is 23.4. The quantitative estimate of drug-likeness (QED) is 0.773. The molecule has 8 heteroatoms. The highest BCUT2D eigenvalue weighted by Gasteiger charge is 2.15. The van der Waals surface area contributed by atoms with Gasteiger partial charge in [0.25, 0.3) is 5.91 Å². The van der Waals surface area contributed by atoms with Crippen molar-refractivity contribution in [3.8, 4) is 5.75 Å². The van der Waals surface area contributed by atoms with E-state index in [0.717, 1.165) is 17.2 Å². The summed E-state index contributed by atoms with van der Waals surface area (Å²) in [5.74, 6) is -5.38. The Morgan fingerprint density at radius 2 is 1.73 bits per heavy atom. The molecule has 2 rings (SSSR count). The van der Waals surface area contributed by atoms with Gasteiger partial charge in [-0.05, 0) is 37.6 Å². The minimum atomic E-state index is -1.69. The van der Waals surface area contributed by atoms with Crippen molar-refractivity contribution < 1.29 is 27.5 Å². The second-order valence-electron chi connectivity index (χ2n) is 5.61. The summed E-state index contributed by atoms with van der Waals surface area (Å²) in [7, 11) is 0. The van der Waals surface area contributed by atoms with Gasteiger partial charge in [0.1, 0.15) is 5.75 Å². The molecule has 2 aromatic rings. The van der Waals surface area contributed by atoms with Crippen LogP contribution < -0.4 is 15.4 Å². The van der Waals surface area contributed by atoms with Crippen molar-refractivity contribution >= 4 is 17.5 Å². The molecule has 5 nitrogen and oxygen atoms in total. The molecule has 0 radical (unpaired) electrons. The van der Waals surface area contributed by atoms with E-state index in [-0.39, 0.29) is 6.61 Å². The monoisotopic (exact) mass is 366 g/mol. The topological polar surface area (TPSA) is 67.4 Å². The highest BCUT2D eigenvalue weighted by Crippen LogP contribution is 2.19. The molecule has 0 heterocycles. The summed E-state index contributed by atoms with van der Waals surface area (Å²) < 4.78 is 44.7. The molecule has 0 aliphatic carbocycles. The van der Waals surface area contributed by atoms with Gasteiger partial charge in [0, 0.05) is 0 Å². The third kappa shape index (κ3) is 4.98. The first-order chi connectivity index (χ1) is 12.3. The summed E-state index contributed by atoms with van der Waals surface area (Å²) in [6.07, 6.45) is 0. The summed E-state index contributed by atoms with van der Waals surface area (Å²) in [5, 5.41) is 4.33. The number of rotatable bonds is 6. The molecule has 2 aromatic carbocycles. The van der Waals surface area contributed by atoms with Crippen molar-refractivity contribution in [2.24, 2.45) is 0 Å². The summed E-state index contributed by atoms with van der Waals surface area (Å²) in [6.45, 7) is 2.98. The van der Waals surface area contributed by atoms with Crippen molar-refractivity contribution in [1.82, 2.24) is 5.32 Å². The first-order valence-corrected chi connectivity index (χ1v) is 7.68. The minimum Gasteiger partial charge on any atom is -0.484 e. The number of amides is 2. The molecule has 0 fully saturated rings. The van der Waals surface area contributed by atoms with E-state index in [1.165, 1.54) is 0 Å². The van der Waals surface area contributed by atoms with E-state index in [2.05, 4.69) is 5.32 Å². The largest absolute Gasteiger partial charge is 0.484 e. The Hall–Kier alpha value is -3.03. The van der Waals surface area contributed by atoms with Crippen molar-refractivity contribution in [3.63, 3.8) is 0 Å². The van der Waals surface area contributed by atoms with Crippen molar-refractivity contribution in [2.75, 3.05) is 18.5 Å². The summed E-state index contributed by atoms with van der Waals surface area (Å²) in [6, 6.07) is 7.04. The lowest BCUT2D eigenvalue weighted by Crippen LogP contribution is -2.36. The Balaban J connectivity index is 1.82. The van der Waals surface area contributed by atoms with Gasteiger partial charge in [0.05, 0.1) is 12.2 Å². The van der Waals surface area contributed by atoms with Crippen molar-refractivity contribution in [2.45, 2.75) is 13.8 Å². The molecular formula is C18H17F3N2O3. The zero-order valence-corrected chi connectivity index (χ0v) is 14.2. The second-order valence-corrected chi connectivity index (χ2v) is 5.61. The van der Waals surface area contributed by atoms with Crippen LogP contribution in [-0.2, 0) is 9.59 Å². The fraction of sp³-hybridized carbons (Fsp3) is 0.222. The van der Waals surface area contributed by atoms with Crippen LogP contribution in [0.5, 0.6) is 5.75 Å². The van der Waals surface area contributed by atoms with E-state index < -0.39 is 41.5 Å². The second kappa shape index (κ2) is 8.37. The van der Waals surface area contributed by atoms with Gasteiger partial charge in [-0.15, -0.1) is 0 Å². The molecule has 0 saturated carbocycles. The van der Waals surface area contributed by atoms with Gasteiger partial charge >= 0.3 is 0 Å². The van der Waals surface area contributed by atoms with Crippen LogP contribution in [0.3, 0.4) is 0 Å². The molecule has 0 aromatic heterocycles. The molecule has 2 N–H and O–H groups in total. The fourth-order valence-electron chi connectivity index (χ4n) is 2.15. The zero-order chi connectivity index (χ0) is 19.3. The first-order valence-electron chi connectivity index (χ1n) is 7.68. The molecule has 2 amide bonds. The molecule has 0 aliphatic heterocycles. The lowest BCUT2D eigenvalue weighted by atomic mass is 10.1. The highest BCUT2D eigenvalue weighted by molar-refractivity contribution is 5.94. The van der Waals surface area contributed by atoms with Gasteiger partial charge in [-0.25, -0.2) is 13.2 Å². The van der Waals surface area contributed by atoms with Gasteiger partial charge in [0.15, 0.2) is 24.1 Å². The number of nitrogens with one attached hydrogen (secondary N) is 2. The van der Waals surface area contributed by atoms with Gasteiger partial charge in [-0.1, -0.05) is 17.7 Å². The number of benzene rings is 2. The predicted molar refractivity (Wildman–Crippen MR) is 89.4 cm³/mol. The number of carbonyl (C=O) groups excluding carboxylic acids is 2. The van der Waals surface area contributed by atoms with Crippen LogP contribution >= 0.6 is 0 Å². The van der Waals surface area contributed by atoms with E-state index in [1.807, 2.05) is 31.3 Å². The molecule has 0 saturated heterocycles. The molecule has 138 valence electrons. The number of anilines is 1. The Morgan fingerprint density at radius 3 is 2.42 bits per heavy atom. The van der Waals surface area contributed by atoms with E-state index >= 15 is 0 Å². The third-order valence-electron chi connectivity index (χ3n) is 3.44. The van der Waals surface area contributed by atoms with Gasteiger partial charge in [0.2, 0.25) is 5.91 Å². The standard InChI is InChI=1S/C18H17F3N2O3/c1-10-3-6-14(11(2)7-10)26-9-16(25)22-8-15(24)23-13-5-4-12(19)17(20)18(13)21/h3-7H,8-9H2,1-2H3,(H,22,25)(H,23,24). The van der Waals surface area contributed by atoms with Crippen LogP contribution in [0.1, 0.15) is 11.1 Å². The number of aryl methyl sites for hydroxylation is 2. The lowest BCUT2D eigenvalue weighted by Gasteiger charge is -2.11. The van der Waals surface area contributed by atoms with Gasteiger partial charge in [-0.2, -0.15) is 0 Å². The molecule has 0 atom stereocenters. The SMILES string of the molecule is Cc1ccc(OCC(=O)NCC(=O)Nc2ccc(F)c(F)c2F)c(C)c1. The summed E-state index contributed by atoms with van der Waals surface area (Å²) in [5.41, 5.74) is 1.40. The maximum Gasteiger partial charge on any atom is 0.258 e. The maximum absolute atomic E-state index is 13.5. The molecule has 0 spiro atoms. The number of carbonyl (C=O) groups is 2. The van der Waals surface area contributed by atoms with Crippen LogP contribution in [-0.4, -0.2) is 25.0 Å². The average Bonchev–Trinajstić information content (AvgIpc) is 2.59. The highest BCUT2D eigenvalue weighted by atomic mass is 19.2. The van der Waals surface area contributed by atoms with Gasteiger partial charge < -0.3 is 15.4 Å². The Bertz CT molecular complexity index is 841. The van der Waals surface area contributed by atoms with Crippen molar-refractivity contribution in [3.05, 3.63) is 58.9 Å². The van der Waals surface area contributed by atoms with Crippen LogP contribution in [0, 0.1) is 31.3 Å². The molecule has 0 unspecified atom stereocenters. The van der Waals surface area contributed by atoms with Gasteiger partial charge in [-0.3, -0.25) is 9.59 Å². The average molecular weight is 366 g/mol. The maximum atomic E-state index is 13.5. The zero-order valence-electron chi connectivity index (χ0n) is 14.2. The Kier molecular flexibility index (Phi) is 6.21. The Morgan fingerprint density at radius 1 is 1.00 bits per heavy atom. The van der Waals surface area contributed by atoms with Crippen LogP contribution in [0.2, 0.25) is 0 Å². The third-order valence-corrected chi connectivity index (χ3v) is 3.44. The summed E-state index contributed by atoms with van der Waals surface area (Å²) >= 11 is 0. The predicted octanol–water partition coefficient (Wildman–Crippen LogP) is 2.85.